The predicted octanol–water partition coefficient (Wildman–Crippen LogP) is 2.35. The summed E-state index contributed by atoms with van der Waals surface area (Å²) in [4.78, 5) is 25.2. The van der Waals surface area contributed by atoms with Crippen LogP contribution in [0.25, 0.3) is 11.4 Å². The first-order valence-corrected chi connectivity index (χ1v) is 8.44. The molecule has 3 rings (SSSR count). The third-order valence-corrected chi connectivity index (χ3v) is 4.07. The Bertz CT molecular complexity index is 889. The molecule has 140 valence electrons. The van der Waals surface area contributed by atoms with Crippen molar-refractivity contribution in [2.45, 2.75) is 13.0 Å². The van der Waals surface area contributed by atoms with Crippen LogP contribution >= 0.6 is 0 Å². The molecular formula is C19H21N5O3. The first-order chi connectivity index (χ1) is 13.1. The summed E-state index contributed by atoms with van der Waals surface area (Å²) in [6, 6.07) is 8.81. The maximum Gasteiger partial charge on any atom is 0.251 e. The topological polar surface area (TPSA) is 91.2 Å². The number of imidazole rings is 1. The van der Waals surface area contributed by atoms with Gasteiger partial charge in [0.1, 0.15) is 0 Å². The van der Waals surface area contributed by atoms with Crippen molar-refractivity contribution in [3.63, 3.8) is 0 Å². The summed E-state index contributed by atoms with van der Waals surface area (Å²) in [5.74, 6) is 1.04. The molecule has 0 saturated carbocycles. The van der Waals surface area contributed by atoms with Crippen molar-refractivity contribution in [3.8, 4) is 23.1 Å². The SMILES string of the molecule is COc1cc(OC)nc(-c2cccc(C(=O)NCC(C)n3ccnc3)c2)n1. The molecule has 0 bridgehead atoms. The van der Waals surface area contributed by atoms with E-state index in [-0.39, 0.29) is 11.9 Å². The molecule has 2 aromatic heterocycles. The van der Waals surface area contributed by atoms with Gasteiger partial charge < -0.3 is 19.4 Å². The first kappa shape index (κ1) is 18.4. The van der Waals surface area contributed by atoms with E-state index in [2.05, 4.69) is 20.3 Å². The van der Waals surface area contributed by atoms with Gasteiger partial charge in [0, 0.05) is 36.1 Å². The Morgan fingerprint density at radius 1 is 1.19 bits per heavy atom. The lowest BCUT2D eigenvalue weighted by molar-refractivity contribution is 0.0948. The molecule has 1 aromatic carbocycles. The summed E-state index contributed by atoms with van der Waals surface area (Å²) >= 11 is 0. The standard InChI is InChI=1S/C19H21N5O3/c1-13(24-8-7-20-12-24)11-21-19(25)15-6-4-5-14(9-15)18-22-16(26-2)10-17(23-18)27-3/h4-10,12-13H,11H2,1-3H3,(H,21,25). The highest BCUT2D eigenvalue weighted by molar-refractivity contribution is 5.95. The zero-order valence-corrected chi connectivity index (χ0v) is 15.4. The van der Waals surface area contributed by atoms with Crippen molar-refractivity contribution in [2.75, 3.05) is 20.8 Å². The molecule has 0 spiro atoms. The summed E-state index contributed by atoms with van der Waals surface area (Å²) in [5.41, 5.74) is 1.22. The summed E-state index contributed by atoms with van der Waals surface area (Å²) in [6.07, 6.45) is 5.31. The van der Waals surface area contributed by atoms with Gasteiger partial charge in [-0.1, -0.05) is 12.1 Å². The molecule has 0 fully saturated rings. The van der Waals surface area contributed by atoms with Crippen LogP contribution < -0.4 is 14.8 Å². The molecule has 8 heteroatoms. The van der Waals surface area contributed by atoms with E-state index in [4.69, 9.17) is 9.47 Å². The minimum atomic E-state index is -0.168. The lowest BCUT2D eigenvalue weighted by atomic mass is 10.1. The lowest BCUT2D eigenvalue weighted by Crippen LogP contribution is -2.29. The third kappa shape index (κ3) is 4.41. The van der Waals surface area contributed by atoms with Crippen molar-refractivity contribution >= 4 is 5.91 Å². The summed E-state index contributed by atoms with van der Waals surface area (Å²) in [7, 11) is 3.05. The number of hydrogen-bond donors (Lipinski definition) is 1. The van der Waals surface area contributed by atoms with Crippen LogP contribution in [0.4, 0.5) is 0 Å². The molecule has 2 heterocycles. The van der Waals surface area contributed by atoms with Crippen LogP contribution in [0.3, 0.4) is 0 Å². The highest BCUT2D eigenvalue weighted by Crippen LogP contribution is 2.23. The summed E-state index contributed by atoms with van der Waals surface area (Å²) < 4.78 is 12.3. The average Bonchev–Trinajstić information content (AvgIpc) is 3.26. The van der Waals surface area contributed by atoms with Crippen molar-refractivity contribution in [1.82, 2.24) is 24.8 Å². The third-order valence-electron chi connectivity index (χ3n) is 4.07. The van der Waals surface area contributed by atoms with E-state index in [9.17, 15) is 4.79 Å². The largest absolute Gasteiger partial charge is 0.481 e. The van der Waals surface area contributed by atoms with E-state index in [1.807, 2.05) is 23.8 Å². The predicted molar refractivity (Wildman–Crippen MR) is 99.8 cm³/mol. The molecule has 0 aliphatic heterocycles. The highest BCUT2D eigenvalue weighted by Gasteiger charge is 2.12. The van der Waals surface area contributed by atoms with E-state index >= 15 is 0 Å². The maximum absolute atomic E-state index is 12.5. The van der Waals surface area contributed by atoms with Gasteiger partial charge in [-0.05, 0) is 19.1 Å². The Kier molecular flexibility index (Phi) is 5.65. The van der Waals surface area contributed by atoms with Crippen molar-refractivity contribution in [2.24, 2.45) is 0 Å². The van der Waals surface area contributed by atoms with Gasteiger partial charge in [0.15, 0.2) is 5.82 Å². The molecule has 27 heavy (non-hydrogen) atoms. The minimum Gasteiger partial charge on any atom is -0.481 e. The number of amides is 1. The molecule has 0 aliphatic rings. The van der Waals surface area contributed by atoms with Gasteiger partial charge in [0.25, 0.3) is 5.91 Å². The van der Waals surface area contributed by atoms with Gasteiger partial charge in [-0.3, -0.25) is 4.79 Å². The number of rotatable bonds is 7. The zero-order chi connectivity index (χ0) is 19.2. The highest BCUT2D eigenvalue weighted by atomic mass is 16.5. The monoisotopic (exact) mass is 367 g/mol. The average molecular weight is 367 g/mol. The fourth-order valence-electron chi connectivity index (χ4n) is 2.52. The van der Waals surface area contributed by atoms with Gasteiger partial charge in [-0.15, -0.1) is 0 Å². The van der Waals surface area contributed by atoms with Crippen LogP contribution in [0.15, 0.2) is 49.1 Å². The van der Waals surface area contributed by atoms with Gasteiger partial charge >= 0.3 is 0 Å². The van der Waals surface area contributed by atoms with E-state index in [0.29, 0.717) is 35.3 Å². The molecule has 1 atom stereocenters. The number of aromatic nitrogens is 4. The molecule has 0 radical (unpaired) electrons. The Morgan fingerprint density at radius 3 is 2.56 bits per heavy atom. The van der Waals surface area contributed by atoms with E-state index in [1.54, 1.807) is 36.8 Å². The molecule has 1 unspecified atom stereocenters. The first-order valence-electron chi connectivity index (χ1n) is 8.44. The number of carbonyl (C=O) groups is 1. The van der Waals surface area contributed by atoms with Crippen LogP contribution in [0, 0.1) is 0 Å². The molecular weight excluding hydrogens is 346 g/mol. The molecule has 0 saturated heterocycles. The second kappa shape index (κ2) is 8.31. The molecule has 3 aromatic rings. The van der Waals surface area contributed by atoms with Crippen LogP contribution in [0.1, 0.15) is 23.3 Å². The fourth-order valence-corrected chi connectivity index (χ4v) is 2.52. The van der Waals surface area contributed by atoms with Crippen LogP contribution in [0.2, 0.25) is 0 Å². The molecule has 1 amide bonds. The maximum atomic E-state index is 12.5. The van der Waals surface area contributed by atoms with Crippen molar-refractivity contribution in [3.05, 3.63) is 54.6 Å². The second-order valence-electron chi connectivity index (χ2n) is 5.93. The Labute approximate surface area is 157 Å². The van der Waals surface area contributed by atoms with E-state index in [1.165, 1.54) is 14.2 Å². The zero-order valence-electron chi connectivity index (χ0n) is 15.4. The Balaban J connectivity index is 1.76. The number of nitrogens with one attached hydrogen (secondary N) is 1. The summed E-state index contributed by atoms with van der Waals surface area (Å²) in [5, 5.41) is 2.93. The van der Waals surface area contributed by atoms with Gasteiger partial charge in [0.05, 0.1) is 26.6 Å². The Hall–Kier alpha value is -3.42. The lowest BCUT2D eigenvalue weighted by Gasteiger charge is -2.14. The van der Waals surface area contributed by atoms with Gasteiger partial charge in [-0.2, -0.15) is 9.97 Å². The van der Waals surface area contributed by atoms with Crippen molar-refractivity contribution in [1.29, 1.82) is 0 Å². The number of methoxy groups -OCH3 is 2. The molecule has 8 nitrogen and oxygen atoms in total. The van der Waals surface area contributed by atoms with Crippen molar-refractivity contribution < 1.29 is 14.3 Å². The molecule has 0 aliphatic carbocycles. The molecule has 1 N–H and O–H groups in total. The van der Waals surface area contributed by atoms with Crippen LogP contribution in [0.5, 0.6) is 11.8 Å². The number of benzene rings is 1. The quantitative estimate of drug-likeness (QED) is 0.689. The minimum absolute atomic E-state index is 0.102. The summed E-state index contributed by atoms with van der Waals surface area (Å²) in [6.45, 7) is 2.50. The number of ether oxygens (including phenoxy) is 2. The smallest absolute Gasteiger partial charge is 0.251 e. The normalized spacial score (nSPS) is 11.7. The number of carbonyl (C=O) groups excluding carboxylic acids is 1. The van der Waals surface area contributed by atoms with Gasteiger partial charge in [-0.25, -0.2) is 4.98 Å². The fraction of sp³-hybridized carbons (Fsp3) is 0.263. The van der Waals surface area contributed by atoms with E-state index < -0.39 is 0 Å². The Morgan fingerprint density at radius 2 is 1.93 bits per heavy atom. The van der Waals surface area contributed by atoms with Gasteiger partial charge in [0.2, 0.25) is 11.8 Å². The second-order valence-corrected chi connectivity index (χ2v) is 5.93. The van der Waals surface area contributed by atoms with Crippen LogP contribution in [-0.2, 0) is 0 Å². The van der Waals surface area contributed by atoms with E-state index in [0.717, 1.165) is 0 Å². The van der Waals surface area contributed by atoms with Crippen LogP contribution in [-0.4, -0.2) is 46.2 Å². The number of nitrogens with zero attached hydrogens (tertiary/aromatic N) is 4. The number of hydrogen-bond acceptors (Lipinski definition) is 6.